The number of ether oxygens (including phenoxy) is 1. The Bertz CT molecular complexity index is 442. The number of piperidine rings is 1. The summed E-state index contributed by atoms with van der Waals surface area (Å²) in [6, 6.07) is 5.37. The van der Waals surface area contributed by atoms with Gasteiger partial charge in [0.05, 0.1) is 12.2 Å². The Morgan fingerprint density at radius 1 is 1.37 bits per heavy atom. The molecule has 5 nitrogen and oxygen atoms in total. The maximum absolute atomic E-state index is 11.8. The Balaban J connectivity index is 2.08. The van der Waals surface area contributed by atoms with E-state index in [0.717, 1.165) is 18.8 Å². The first-order valence-corrected chi connectivity index (χ1v) is 6.79. The summed E-state index contributed by atoms with van der Waals surface area (Å²) in [4.78, 5) is 11.8. The van der Waals surface area contributed by atoms with E-state index >= 15 is 0 Å². The zero-order chi connectivity index (χ0) is 13.7. The average Bonchev–Trinajstić information content (AvgIpc) is 2.42. The fourth-order valence-electron chi connectivity index (χ4n) is 2.20. The van der Waals surface area contributed by atoms with Crippen molar-refractivity contribution in [2.75, 3.05) is 30.9 Å². The van der Waals surface area contributed by atoms with E-state index in [9.17, 15) is 4.79 Å². The Morgan fingerprint density at radius 3 is 2.79 bits per heavy atom. The van der Waals surface area contributed by atoms with Crippen molar-refractivity contribution in [2.24, 2.45) is 0 Å². The number of benzene rings is 1. The first-order valence-electron chi connectivity index (χ1n) is 6.79. The molecule has 0 spiro atoms. The molecule has 1 aromatic carbocycles. The van der Waals surface area contributed by atoms with Crippen molar-refractivity contribution in [3.8, 4) is 0 Å². The Morgan fingerprint density at radius 2 is 2.11 bits per heavy atom. The van der Waals surface area contributed by atoms with Crippen LogP contribution in [0.1, 0.15) is 36.5 Å². The van der Waals surface area contributed by atoms with Crippen LogP contribution in [-0.2, 0) is 4.74 Å². The molecule has 0 aliphatic carbocycles. The standard InChI is InChI=1S/C14H21N3O2/c1-2-19-14(18)12-10-11(6-7-13(12)15)16-17-8-4-3-5-9-17/h6-7,10,16H,2-5,8-9,15H2,1H3. The minimum atomic E-state index is -0.373. The molecule has 3 N–H and O–H groups in total. The number of nitrogens with two attached hydrogens (primary N) is 1. The molecule has 5 heteroatoms. The highest BCUT2D eigenvalue weighted by molar-refractivity contribution is 5.96. The summed E-state index contributed by atoms with van der Waals surface area (Å²) in [6.07, 6.45) is 3.69. The highest BCUT2D eigenvalue weighted by Gasteiger charge is 2.14. The molecule has 1 fully saturated rings. The molecule has 104 valence electrons. The predicted molar refractivity (Wildman–Crippen MR) is 75.9 cm³/mol. The molecular weight excluding hydrogens is 242 g/mol. The lowest BCUT2D eigenvalue weighted by Gasteiger charge is -2.28. The van der Waals surface area contributed by atoms with E-state index in [4.69, 9.17) is 10.5 Å². The minimum Gasteiger partial charge on any atom is -0.462 e. The van der Waals surface area contributed by atoms with Crippen LogP contribution < -0.4 is 11.2 Å². The van der Waals surface area contributed by atoms with Crippen LogP contribution >= 0.6 is 0 Å². The van der Waals surface area contributed by atoms with Crippen molar-refractivity contribution in [1.29, 1.82) is 0 Å². The molecule has 2 rings (SSSR count). The first-order chi connectivity index (χ1) is 9.20. The molecule has 0 aromatic heterocycles. The maximum Gasteiger partial charge on any atom is 0.340 e. The maximum atomic E-state index is 11.8. The number of carbonyl (C=O) groups excluding carboxylic acids is 1. The van der Waals surface area contributed by atoms with Gasteiger partial charge in [0, 0.05) is 24.5 Å². The van der Waals surface area contributed by atoms with Gasteiger partial charge in [0.2, 0.25) is 0 Å². The van der Waals surface area contributed by atoms with E-state index in [1.807, 2.05) is 6.07 Å². The van der Waals surface area contributed by atoms with Gasteiger partial charge < -0.3 is 15.9 Å². The summed E-state index contributed by atoms with van der Waals surface area (Å²) in [5, 5.41) is 2.17. The summed E-state index contributed by atoms with van der Waals surface area (Å²) in [5.74, 6) is -0.373. The van der Waals surface area contributed by atoms with Gasteiger partial charge in [-0.2, -0.15) is 0 Å². The van der Waals surface area contributed by atoms with E-state index in [2.05, 4.69) is 10.4 Å². The lowest BCUT2D eigenvalue weighted by molar-refractivity contribution is 0.0527. The van der Waals surface area contributed by atoms with Gasteiger partial charge in [-0.3, -0.25) is 0 Å². The molecule has 1 aliphatic heterocycles. The van der Waals surface area contributed by atoms with E-state index in [1.54, 1.807) is 19.1 Å². The van der Waals surface area contributed by atoms with Gasteiger partial charge in [-0.15, -0.1) is 0 Å². The van der Waals surface area contributed by atoms with Crippen LogP contribution in [0.2, 0.25) is 0 Å². The number of hydrazine groups is 1. The van der Waals surface area contributed by atoms with E-state index < -0.39 is 0 Å². The first kappa shape index (κ1) is 13.7. The van der Waals surface area contributed by atoms with E-state index in [1.165, 1.54) is 19.3 Å². The third kappa shape index (κ3) is 3.61. The van der Waals surface area contributed by atoms with Gasteiger partial charge in [0.15, 0.2) is 0 Å². The van der Waals surface area contributed by atoms with Crippen LogP contribution in [0, 0.1) is 0 Å². The lowest BCUT2D eigenvalue weighted by atomic mass is 10.1. The van der Waals surface area contributed by atoms with Gasteiger partial charge in [-0.25, -0.2) is 9.80 Å². The van der Waals surface area contributed by atoms with Crippen LogP contribution in [-0.4, -0.2) is 30.7 Å². The van der Waals surface area contributed by atoms with Gasteiger partial charge in [0.25, 0.3) is 0 Å². The molecule has 0 bridgehead atoms. The second-order valence-electron chi connectivity index (χ2n) is 4.68. The van der Waals surface area contributed by atoms with Crippen molar-refractivity contribution < 1.29 is 9.53 Å². The summed E-state index contributed by atoms with van der Waals surface area (Å²) in [7, 11) is 0. The molecule has 0 amide bonds. The number of carbonyl (C=O) groups is 1. The van der Waals surface area contributed by atoms with Crippen LogP contribution in [0.5, 0.6) is 0 Å². The summed E-state index contributed by atoms with van der Waals surface area (Å²) < 4.78 is 4.99. The van der Waals surface area contributed by atoms with Gasteiger partial charge in [-0.05, 0) is 38.0 Å². The highest BCUT2D eigenvalue weighted by atomic mass is 16.5. The van der Waals surface area contributed by atoms with Crippen molar-refractivity contribution in [3.05, 3.63) is 23.8 Å². The molecule has 19 heavy (non-hydrogen) atoms. The molecule has 1 aromatic rings. The largest absolute Gasteiger partial charge is 0.462 e. The smallest absolute Gasteiger partial charge is 0.340 e. The Hall–Kier alpha value is -1.75. The number of esters is 1. The summed E-state index contributed by atoms with van der Waals surface area (Å²) in [5.41, 5.74) is 10.9. The fraction of sp³-hybridized carbons (Fsp3) is 0.500. The molecule has 0 radical (unpaired) electrons. The quantitative estimate of drug-likeness (QED) is 0.644. The fourth-order valence-corrected chi connectivity index (χ4v) is 2.20. The zero-order valence-corrected chi connectivity index (χ0v) is 11.3. The Labute approximate surface area is 113 Å². The van der Waals surface area contributed by atoms with Gasteiger partial charge >= 0.3 is 5.97 Å². The second-order valence-corrected chi connectivity index (χ2v) is 4.68. The Kier molecular flexibility index (Phi) is 4.63. The molecule has 1 aliphatic rings. The summed E-state index contributed by atoms with van der Waals surface area (Å²) in [6.45, 7) is 4.18. The predicted octanol–water partition coefficient (Wildman–Crippen LogP) is 2.26. The molecule has 0 atom stereocenters. The topological polar surface area (TPSA) is 67.6 Å². The van der Waals surface area contributed by atoms with Gasteiger partial charge in [0.1, 0.15) is 0 Å². The van der Waals surface area contributed by atoms with Crippen LogP contribution in [0.15, 0.2) is 18.2 Å². The van der Waals surface area contributed by atoms with Crippen LogP contribution in [0.25, 0.3) is 0 Å². The minimum absolute atomic E-state index is 0.349. The average molecular weight is 263 g/mol. The van der Waals surface area contributed by atoms with E-state index in [0.29, 0.717) is 17.9 Å². The van der Waals surface area contributed by atoms with E-state index in [-0.39, 0.29) is 5.97 Å². The normalized spacial score (nSPS) is 16.1. The number of rotatable bonds is 4. The molecular formula is C14H21N3O2. The SMILES string of the molecule is CCOC(=O)c1cc(NN2CCCCC2)ccc1N. The zero-order valence-electron chi connectivity index (χ0n) is 11.3. The monoisotopic (exact) mass is 263 g/mol. The molecule has 0 unspecified atom stereocenters. The second kappa shape index (κ2) is 6.43. The third-order valence-corrected chi connectivity index (χ3v) is 3.19. The highest BCUT2D eigenvalue weighted by Crippen LogP contribution is 2.20. The van der Waals surface area contributed by atoms with Gasteiger partial charge in [-0.1, -0.05) is 6.42 Å². The number of nitrogens with zero attached hydrogens (tertiary/aromatic N) is 1. The third-order valence-electron chi connectivity index (χ3n) is 3.19. The number of nitrogen functional groups attached to an aromatic ring is 1. The molecule has 1 saturated heterocycles. The lowest BCUT2D eigenvalue weighted by Crippen LogP contribution is -2.34. The van der Waals surface area contributed by atoms with Crippen molar-refractivity contribution in [3.63, 3.8) is 0 Å². The van der Waals surface area contributed by atoms with Crippen molar-refractivity contribution >= 4 is 17.3 Å². The van der Waals surface area contributed by atoms with Crippen molar-refractivity contribution in [1.82, 2.24) is 5.01 Å². The number of hydrogen-bond donors (Lipinski definition) is 2. The molecule has 0 saturated carbocycles. The van der Waals surface area contributed by atoms with Crippen molar-refractivity contribution in [2.45, 2.75) is 26.2 Å². The number of nitrogens with one attached hydrogen (secondary N) is 1. The molecule has 1 heterocycles. The van der Waals surface area contributed by atoms with Crippen LogP contribution in [0.4, 0.5) is 11.4 Å². The van der Waals surface area contributed by atoms with Crippen LogP contribution in [0.3, 0.4) is 0 Å². The number of anilines is 2. The number of hydrogen-bond acceptors (Lipinski definition) is 5. The summed E-state index contributed by atoms with van der Waals surface area (Å²) >= 11 is 0.